The van der Waals surface area contributed by atoms with Gasteiger partial charge in [-0.3, -0.25) is 0 Å². The summed E-state index contributed by atoms with van der Waals surface area (Å²) in [5.74, 6) is -0.279. The summed E-state index contributed by atoms with van der Waals surface area (Å²) in [4.78, 5) is 1.93. The molecule has 0 aliphatic heterocycles. The van der Waals surface area contributed by atoms with Crippen LogP contribution in [0.2, 0.25) is 0 Å². The van der Waals surface area contributed by atoms with Crippen LogP contribution in [-0.2, 0) is 6.54 Å². The van der Waals surface area contributed by atoms with Gasteiger partial charge in [-0.25, -0.2) is 4.39 Å². The van der Waals surface area contributed by atoms with E-state index < -0.39 is 0 Å². The van der Waals surface area contributed by atoms with Gasteiger partial charge in [0.1, 0.15) is 5.82 Å². The lowest BCUT2D eigenvalue weighted by molar-refractivity contribution is 0.627. The molecule has 0 aliphatic carbocycles. The van der Waals surface area contributed by atoms with Crippen LogP contribution < -0.4 is 10.6 Å². The van der Waals surface area contributed by atoms with Gasteiger partial charge in [-0.15, -0.1) is 0 Å². The first-order chi connectivity index (χ1) is 8.58. The lowest BCUT2D eigenvalue weighted by Gasteiger charge is -2.21. The second-order valence-electron chi connectivity index (χ2n) is 4.15. The van der Waals surface area contributed by atoms with Gasteiger partial charge in [-0.1, -0.05) is 34.1 Å². The molecule has 0 amide bonds. The number of benzene rings is 2. The molecule has 2 N–H and O–H groups in total. The van der Waals surface area contributed by atoms with E-state index in [9.17, 15) is 4.39 Å². The third-order valence-electron chi connectivity index (χ3n) is 2.77. The maximum atomic E-state index is 13.2. The van der Waals surface area contributed by atoms with Crippen molar-refractivity contribution in [3.63, 3.8) is 0 Å². The summed E-state index contributed by atoms with van der Waals surface area (Å²) in [6.07, 6.45) is 0. The topological polar surface area (TPSA) is 29.3 Å². The molecule has 0 bridgehead atoms. The molecule has 0 aromatic heterocycles. The van der Waals surface area contributed by atoms with Gasteiger partial charge < -0.3 is 10.6 Å². The van der Waals surface area contributed by atoms with Crippen molar-refractivity contribution >= 4 is 27.3 Å². The monoisotopic (exact) mass is 308 g/mol. The molecule has 0 radical (unpaired) electrons. The van der Waals surface area contributed by atoms with Crippen LogP contribution in [0, 0.1) is 5.82 Å². The van der Waals surface area contributed by atoms with Crippen LogP contribution in [-0.4, -0.2) is 7.05 Å². The molecule has 4 heteroatoms. The lowest BCUT2D eigenvalue weighted by atomic mass is 10.2. The third kappa shape index (κ3) is 2.82. The minimum absolute atomic E-state index is 0.279. The molecule has 0 saturated carbocycles. The van der Waals surface area contributed by atoms with E-state index in [1.165, 1.54) is 12.1 Å². The Labute approximate surface area is 114 Å². The van der Waals surface area contributed by atoms with Crippen molar-refractivity contribution in [1.29, 1.82) is 0 Å². The summed E-state index contributed by atoms with van der Waals surface area (Å²) < 4.78 is 14.3. The molecule has 94 valence electrons. The minimum atomic E-state index is -0.279. The first-order valence-electron chi connectivity index (χ1n) is 5.57. The molecule has 0 saturated heterocycles. The highest BCUT2D eigenvalue weighted by atomic mass is 79.9. The van der Waals surface area contributed by atoms with E-state index in [0.717, 1.165) is 10.0 Å². The predicted octanol–water partition coefficient (Wildman–Crippen LogP) is 3.81. The Hall–Kier alpha value is -1.55. The smallest absolute Gasteiger partial charge is 0.125 e. The predicted molar refractivity (Wildman–Crippen MR) is 77.1 cm³/mol. The summed E-state index contributed by atoms with van der Waals surface area (Å²) in [5.41, 5.74) is 8.27. The normalized spacial score (nSPS) is 10.4. The maximum absolute atomic E-state index is 13.2. The molecule has 0 atom stereocenters. The average Bonchev–Trinajstić information content (AvgIpc) is 2.35. The number of nitrogens with zero attached hydrogens (tertiary/aromatic N) is 1. The zero-order valence-corrected chi connectivity index (χ0v) is 11.6. The highest BCUT2D eigenvalue weighted by Crippen LogP contribution is 2.26. The van der Waals surface area contributed by atoms with E-state index in [2.05, 4.69) is 15.9 Å². The van der Waals surface area contributed by atoms with Crippen molar-refractivity contribution < 1.29 is 4.39 Å². The maximum Gasteiger partial charge on any atom is 0.125 e. The van der Waals surface area contributed by atoms with Crippen LogP contribution in [0.4, 0.5) is 15.8 Å². The van der Waals surface area contributed by atoms with Crippen LogP contribution >= 0.6 is 15.9 Å². The SMILES string of the molecule is CN(Cc1ccccc1Br)c1cc(F)ccc1N. The summed E-state index contributed by atoms with van der Waals surface area (Å²) in [5, 5.41) is 0. The molecule has 2 nitrogen and oxygen atoms in total. The summed E-state index contributed by atoms with van der Waals surface area (Å²) in [6.45, 7) is 0.662. The fraction of sp³-hybridized carbons (Fsp3) is 0.143. The van der Waals surface area contributed by atoms with Gasteiger partial charge in [0.05, 0.1) is 11.4 Å². The number of rotatable bonds is 3. The van der Waals surface area contributed by atoms with E-state index in [4.69, 9.17) is 5.73 Å². The Balaban J connectivity index is 2.25. The number of halogens is 2. The Kier molecular flexibility index (Phi) is 3.87. The number of hydrogen-bond donors (Lipinski definition) is 1. The third-order valence-corrected chi connectivity index (χ3v) is 3.54. The molecule has 0 fully saturated rings. The van der Waals surface area contributed by atoms with E-state index in [1.807, 2.05) is 36.2 Å². The van der Waals surface area contributed by atoms with Gasteiger partial charge in [0.15, 0.2) is 0 Å². The second kappa shape index (κ2) is 5.40. The Bertz CT molecular complexity index is 557. The summed E-state index contributed by atoms with van der Waals surface area (Å²) in [6, 6.07) is 12.3. The van der Waals surface area contributed by atoms with Crippen molar-refractivity contribution in [3.05, 3.63) is 58.3 Å². The van der Waals surface area contributed by atoms with Crippen molar-refractivity contribution in [3.8, 4) is 0 Å². The van der Waals surface area contributed by atoms with Gasteiger partial charge in [-0.05, 0) is 29.8 Å². The Morgan fingerprint density at radius 3 is 2.67 bits per heavy atom. The molecule has 2 aromatic rings. The highest BCUT2D eigenvalue weighted by molar-refractivity contribution is 9.10. The molecule has 2 rings (SSSR count). The van der Waals surface area contributed by atoms with E-state index >= 15 is 0 Å². The Morgan fingerprint density at radius 2 is 1.94 bits per heavy atom. The van der Waals surface area contributed by atoms with Gasteiger partial charge in [-0.2, -0.15) is 0 Å². The molecule has 18 heavy (non-hydrogen) atoms. The van der Waals surface area contributed by atoms with E-state index in [1.54, 1.807) is 6.07 Å². The number of hydrogen-bond acceptors (Lipinski definition) is 2. The quantitative estimate of drug-likeness (QED) is 0.874. The van der Waals surface area contributed by atoms with Crippen molar-refractivity contribution in [1.82, 2.24) is 0 Å². The molecule has 0 heterocycles. The first kappa shape index (κ1) is 12.9. The molecule has 0 aliphatic rings. The summed E-state index contributed by atoms with van der Waals surface area (Å²) >= 11 is 3.50. The molecule has 2 aromatic carbocycles. The average molecular weight is 309 g/mol. The number of nitrogen functional groups attached to an aromatic ring is 1. The van der Waals surface area contributed by atoms with Crippen LogP contribution in [0.3, 0.4) is 0 Å². The minimum Gasteiger partial charge on any atom is -0.397 e. The van der Waals surface area contributed by atoms with Crippen LogP contribution in [0.5, 0.6) is 0 Å². The van der Waals surface area contributed by atoms with Crippen LogP contribution in [0.1, 0.15) is 5.56 Å². The molecule has 0 unspecified atom stereocenters. The molecular formula is C14H14BrFN2. The largest absolute Gasteiger partial charge is 0.397 e. The molecule has 0 spiro atoms. The summed E-state index contributed by atoms with van der Waals surface area (Å²) in [7, 11) is 1.89. The van der Waals surface area contributed by atoms with Crippen LogP contribution in [0.25, 0.3) is 0 Å². The van der Waals surface area contributed by atoms with Crippen LogP contribution in [0.15, 0.2) is 46.9 Å². The Morgan fingerprint density at radius 1 is 1.22 bits per heavy atom. The highest BCUT2D eigenvalue weighted by Gasteiger charge is 2.08. The van der Waals surface area contributed by atoms with Crippen molar-refractivity contribution in [2.24, 2.45) is 0 Å². The van der Waals surface area contributed by atoms with Gasteiger partial charge in [0, 0.05) is 18.1 Å². The standard InChI is InChI=1S/C14H14BrFN2/c1-18(9-10-4-2-3-5-12(10)15)14-8-11(16)6-7-13(14)17/h2-8H,9,17H2,1H3. The number of anilines is 2. The van der Waals surface area contributed by atoms with Gasteiger partial charge in [0.2, 0.25) is 0 Å². The zero-order valence-electron chi connectivity index (χ0n) is 10.0. The van der Waals surface area contributed by atoms with Crippen molar-refractivity contribution in [2.45, 2.75) is 6.54 Å². The van der Waals surface area contributed by atoms with Gasteiger partial charge in [0.25, 0.3) is 0 Å². The van der Waals surface area contributed by atoms with Gasteiger partial charge >= 0.3 is 0 Å². The lowest BCUT2D eigenvalue weighted by Crippen LogP contribution is -2.18. The fourth-order valence-electron chi connectivity index (χ4n) is 1.81. The molecular weight excluding hydrogens is 295 g/mol. The zero-order chi connectivity index (χ0) is 13.1. The first-order valence-corrected chi connectivity index (χ1v) is 6.37. The van der Waals surface area contributed by atoms with E-state index in [-0.39, 0.29) is 5.82 Å². The fourth-order valence-corrected chi connectivity index (χ4v) is 2.22. The van der Waals surface area contributed by atoms with Crippen molar-refractivity contribution in [2.75, 3.05) is 17.7 Å². The van der Waals surface area contributed by atoms with E-state index in [0.29, 0.717) is 17.9 Å². The second-order valence-corrected chi connectivity index (χ2v) is 5.00. The number of nitrogens with two attached hydrogens (primary N) is 1.